The maximum atomic E-state index is 12.0. The normalized spacial score (nSPS) is 12.8. The highest BCUT2D eigenvalue weighted by molar-refractivity contribution is 5.91. The Kier molecular flexibility index (Phi) is 5.71. The molecule has 0 spiro atoms. The van der Waals surface area contributed by atoms with Gasteiger partial charge in [-0.05, 0) is 13.8 Å². The molecule has 0 saturated heterocycles. The molecule has 0 radical (unpaired) electrons. The second kappa shape index (κ2) is 7.29. The zero-order valence-electron chi connectivity index (χ0n) is 12.5. The molecule has 2 atom stereocenters. The molecule has 0 bridgehead atoms. The fraction of sp³-hybridized carbons (Fsp3) is 0.385. The number of ether oxygens (including phenoxy) is 2. The zero-order valence-corrected chi connectivity index (χ0v) is 12.5. The molecule has 23 heavy (non-hydrogen) atoms. The van der Waals surface area contributed by atoms with Crippen molar-refractivity contribution in [1.29, 1.82) is 0 Å². The van der Waals surface area contributed by atoms with Crippen LogP contribution in [-0.4, -0.2) is 35.0 Å². The summed E-state index contributed by atoms with van der Waals surface area (Å²) in [7, 11) is 1.18. The average Bonchev–Trinajstić information content (AvgIpc) is 2.52. The van der Waals surface area contributed by atoms with Crippen molar-refractivity contribution in [3.63, 3.8) is 0 Å². The van der Waals surface area contributed by atoms with E-state index in [9.17, 15) is 29.8 Å². The van der Waals surface area contributed by atoms with Gasteiger partial charge in [0.25, 0.3) is 11.4 Å². The Bertz CT molecular complexity index is 625. The summed E-state index contributed by atoms with van der Waals surface area (Å²) in [5, 5.41) is 21.6. The third-order valence-electron chi connectivity index (χ3n) is 3.13. The number of hydrogen-bond donors (Lipinski definition) is 0. The first-order valence-corrected chi connectivity index (χ1v) is 6.40. The van der Waals surface area contributed by atoms with Crippen molar-refractivity contribution < 1.29 is 28.9 Å². The molecule has 1 rings (SSSR count). The van der Waals surface area contributed by atoms with Gasteiger partial charge in [0, 0.05) is 12.1 Å². The Hall–Kier alpha value is -3.04. The van der Waals surface area contributed by atoms with Gasteiger partial charge in [-0.1, -0.05) is 0 Å². The number of non-ortho nitro benzene ring substituents is 2. The topological polar surface area (TPSA) is 139 Å². The van der Waals surface area contributed by atoms with E-state index in [0.29, 0.717) is 0 Å². The largest absolute Gasteiger partial charge is 0.469 e. The molecule has 1 aromatic rings. The molecule has 0 N–H and O–H groups in total. The van der Waals surface area contributed by atoms with E-state index in [1.54, 1.807) is 0 Å². The van der Waals surface area contributed by atoms with Gasteiger partial charge in [-0.25, -0.2) is 4.79 Å². The summed E-state index contributed by atoms with van der Waals surface area (Å²) in [5.74, 6) is -2.38. The van der Waals surface area contributed by atoms with Crippen LogP contribution in [0.25, 0.3) is 0 Å². The summed E-state index contributed by atoms with van der Waals surface area (Å²) >= 11 is 0. The Morgan fingerprint density at radius 2 is 1.52 bits per heavy atom. The predicted molar refractivity (Wildman–Crippen MR) is 75.8 cm³/mol. The number of nitro groups is 2. The quantitative estimate of drug-likeness (QED) is 0.438. The smallest absolute Gasteiger partial charge is 0.338 e. The number of hydrogen-bond acceptors (Lipinski definition) is 8. The van der Waals surface area contributed by atoms with Gasteiger partial charge in [-0.15, -0.1) is 0 Å². The van der Waals surface area contributed by atoms with E-state index in [1.807, 2.05) is 0 Å². The molecule has 10 nitrogen and oxygen atoms in total. The van der Waals surface area contributed by atoms with Crippen LogP contribution in [0.3, 0.4) is 0 Å². The molecule has 1 aromatic carbocycles. The number of benzene rings is 1. The van der Waals surface area contributed by atoms with Crippen LogP contribution < -0.4 is 0 Å². The summed E-state index contributed by atoms with van der Waals surface area (Å²) in [5.41, 5.74) is -1.57. The highest BCUT2D eigenvalue weighted by Gasteiger charge is 2.26. The number of nitro benzene ring substituents is 2. The Labute approximate surface area is 130 Å². The third-order valence-corrected chi connectivity index (χ3v) is 3.13. The number of methoxy groups -OCH3 is 1. The molecule has 0 saturated carbocycles. The van der Waals surface area contributed by atoms with Gasteiger partial charge in [0.2, 0.25) is 0 Å². The van der Waals surface area contributed by atoms with Gasteiger partial charge in [0.15, 0.2) is 0 Å². The summed E-state index contributed by atoms with van der Waals surface area (Å²) < 4.78 is 9.52. The lowest BCUT2D eigenvalue weighted by molar-refractivity contribution is -0.394. The van der Waals surface area contributed by atoms with E-state index in [4.69, 9.17) is 4.74 Å². The van der Waals surface area contributed by atoms with Crippen molar-refractivity contribution in [2.24, 2.45) is 5.92 Å². The van der Waals surface area contributed by atoms with Gasteiger partial charge in [0.1, 0.15) is 6.10 Å². The molecule has 0 heterocycles. The second-order valence-electron chi connectivity index (χ2n) is 4.67. The van der Waals surface area contributed by atoms with Gasteiger partial charge in [-0.3, -0.25) is 25.0 Å². The standard InChI is InChI=1S/C13H14N2O8/c1-7(12(16)22-3)8(2)23-13(17)9-4-10(14(18)19)6-11(5-9)15(20)21/h4-8H,1-3H3/t7-,8+/m0/s1. The first-order chi connectivity index (χ1) is 10.7. The maximum Gasteiger partial charge on any atom is 0.338 e. The predicted octanol–water partition coefficient (Wildman–Crippen LogP) is 1.86. The molecule has 0 unspecified atom stereocenters. The fourth-order valence-electron chi connectivity index (χ4n) is 1.64. The molecule has 0 fully saturated rings. The molecule has 0 aromatic heterocycles. The van der Waals surface area contributed by atoms with E-state index in [-0.39, 0.29) is 5.56 Å². The van der Waals surface area contributed by atoms with Crippen LogP contribution in [0.1, 0.15) is 24.2 Å². The van der Waals surface area contributed by atoms with Crippen molar-refractivity contribution in [3.8, 4) is 0 Å². The highest BCUT2D eigenvalue weighted by atomic mass is 16.6. The third kappa shape index (κ3) is 4.46. The minimum atomic E-state index is -1.01. The van der Waals surface area contributed by atoms with Crippen molar-refractivity contribution in [2.45, 2.75) is 20.0 Å². The molecular weight excluding hydrogens is 312 g/mol. The highest BCUT2D eigenvalue weighted by Crippen LogP contribution is 2.24. The van der Waals surface area contributed by atoms with Crippen molar-refractivity contribution >= 4 is 23.3 Å². The van der Waals surface area contributed by atoms with Gasteiger partial charge >= 0.3 is 11.9 Å². The van der Waals surface area contributed by atoms with E-state index in [2.05, 4.69) is 4.74 Å². The van der Waals surface area contributed by atoms with Crippen LogP contribution in [0, 0.1) is 26.1 Å². The van der Waals surface area contributed by atoms with E-state index in [0.717, 1.165) is 18.2 Å². The Morgan fingerprint density at radius 3 is 1.91 bits per heavy atom. The molecular formula is C13H14N2O8. The minimum absolute atomic E-state index is 0.352. The lowest BCUT2D eigenvalue weighted by Crippen LogP contribution is -2.29. The molecule has 10 heteroatoms. The molecule has 0 aliphatic rings. The van der Waals surface area contributed by atoms with Crippen LogP contribution in [-0.2, 0) is 14.3 Å². The maximum absolute atomic E-state index is 12.0. The van der Waals surface area contributed by atoms with Gasteiger partial charge < -0.3 is 9.47 Å². The number of carbonyl (C=O) groups excluding carboxylic acids is 2. The Balaban J connectivity index is 3.05. The van der Waals surface area contributed by atoms with Crippen LogP contribution >= 0.6 is 0 Å². The number of carbonyl (C=O) groups is 2. The van der Waals surface area contributed by atoms with Crippen LogP contribution in [0.2, 0.25) is 0 Å². The monoisotopic (exact) mass is 326 g/mol. The molecule has 0 amide bonds. The fourth-order valence-corrected chi connectivity index (χ4v) is 1.64. The first kappa shape index (κ1) is 18.0. The lowest BCUT2D eigenvalue weighted by Gasteiger charge is -2.18. The van der Waals surface area contributed by atoms with Crippen molar-refractivity contribution in [1.82, 2.24) is 0 Å². The lowest BCUT2D eigenvalue weighted by atomic mass is 10.1. The Morgan fingerprint density at radius 1 is 1.04 bits per heavy atom. The SMILES string of the molecule is COC(=O)[C@@H](C)[C@@H](C)OC(=O)c1cc([N+](=O)[O-])cc([N+](=O)[O-])c1. The van der Waals surface area contributed by atoms with Crippen molar-refractivity contribution in [3.05, 3.63) is 44.0 Å². The van der Waals surface area contributed by atoms with Crippen LogP contribution in [0.4, 0.5) is 11.4 Å². The molecule has 0 aliphatic heterocycles. The van der Waals surface area contributed by atoms with Crippen LogP contribution in [0.15, 0.2) is 18.2 Å². The number of nitrogens with zero attached hydrogens (tertiary/aromatic N) is 2. The van der Waals surface area contributed by atoms with E-state index < -0.39 is 45.2 Å². The molecule has 124 valence electrons. The first-order valence-electron chi connectivity index (χ1n) is 6.40. The average molecular weight is 326 g/mol. The van der Waals surface area contributed by atoms with E-state index >= 15 is 0 Å². The van der Waals surface area contributed by atoms with Gasteiger partial charge in [-0.2, -0.15) is 0 Å². The summed E-state index contributed by atoms with van der Waals surface area (Å²) in [6.45, 7) is 2.91. The van der Waals surface area contributed by atoms with Crippen LogP contribution in [0.5, 0.6) is 0 Å². The number of esters is 2. The summed E-state index contributed by atoms with van der Waals surface area (Å²) in [6.07, 6.45) is -0.881. The summed E-state index contributed by atoms with van der Waals surface area (Å²) in [6, 6.07) is 2.47. The van der Waals surface area contributed by atoms with E-state index in [1.165, 1.54) is 21.0 Å². The molecule has 0 aliphatic carbocycles. The second-order valence-corrected chi connectivity index (χ2v) is 4.67. The minimum Gasteiger partial charge on any atom is -0.469 e. The summed E-state index contributed by atoms with van der Waals surface area (Å²) in [4.78, 5) is 43.2. The van der Waals surface area contributed by atoms with Gasteiger partial charge in [0.05, 0.1) is 34.5 Å². The number of rotatable bonds is 6. The van der Waals surface area contributed by atoms with Crippen molar-refractivity contribution in [2.75, 3.05) is 7.11 Å². The zero-order chi connectivity index (χ0) is 17.7.